The molecular weight excluding hydrogens is 172 g/mol. The molecule has 1 nitrogen and oxygen atoms in total. The molecule has 0 atom stereocenters. The number of benzene rings is 1. The summed E-state index contributed by atoms with van der Waals surface area (Å²) in [5.41, 5.74) is 2.22. The maximum atomic E-state index is 11.8. The topological polar surface area (TPSA) is 17.1 Å². The number of rotatable bonds is 0. The molecule has 0 unspecified atom stereocenters. The molecule has 0 fully saturated rings. The third-order valence-corrected chi connectivity index (χ3v) is 2.92. The van der Waals surface area contributed by atoms with Gasteiger partial charge in [0.25, 0.3) is 0 Å². The summed E-state index contributed by atoms with van der Waals surface area (Å²) in [5, 5.41) is 0. The van der Waals surface area contributed by atoms with Gasteiger partial charge in [-0.2, -0.15) is 0 Å². The Morgan fingerprint density at radius 2 is 1.57 bits per heavy atom. The lowest BCUT2D eigenvalue weighted by Gasteiger charge is -2.05. The van der Waals surface area contributed by atoms with E-state index >= 15 is 0 Å². The van der Waals surface area contributed by atoms with Gasteiger partial charge in [0.2, 0.25) is 0 Å². The zero-order valence-corrected chi connectivity index (χ0v) is 8.46. The van der Waals surface area contributed by atoms with Crippen LogP contribution in [0.2, 0.25) is 0 Å². The predicted molar refractivity (Wildman–Crippen MR) is 57.6 cm³/mol. The van der Waals surface area contributed by atoms with E-state index in [4.69, 9.17) is 0 Å². The number of aryl methyl sites for hydroxylation is 1. The average Bonchev–Trinajstić information content (AvgIpc) is 2.30. The number of hydrogen-bond donors (Lipinski definition) is 0. The molecule has 1 heteroatoms. The SMILES string of the molecule is O=C1CCCCCCc2ccccc21. The average molecular weight is 188 g/mol. The van der Waals surface area contributed by atoms with E-state index in [0.717, 1.165) is 24.8 Å². The van der Waals surface area contributed by atoms with Gasteiger partial charge in [0.05, 0.1) is 0 Å². The van der Waals surface area contributed by atoms with Crippen LogP contribution in [-0.2, 0) is 6.42 Å². The Balaban J connectivity index is 2.30. The predicted octanol–water partition coefficient (Wildman–Crippen LogP) is 3.38. The van der Waals surface area contributed by atoms with Crippen LogP contribution in [0.25, 0.3) is 0 Å². The van der Waals surface area contributed by atoms with Gasteiger partial charge in [-0.3, -0.25) is 4.79 Å². The van der Waals surface area contributed by atoms with Crippen molar-refractivity contribution in [1.82, 2.24) is 0 Å². The van der Waals surface area contributed by atoms with Crippen molar-refractivity contribution in [3.05, 3.63) is 35.4 Å². The van der Waals surface area contributed by atoms with Crippen molar-refractivity contribution in [3.63, 3.8) is 0 Å². The number of carbonyl (C=O) groups is 1. The maximum Gasteiger partial charge on any atom is 0.163 e. The molecule has 14 heavy (non-hydrogen) atoms. The van der Waals surface area contributed by atoms with Crippen LogP contribution in [-0.4, -0.2) is 5.78 Å². The molecule has 0 aromatic heterocycles. The molecule has 0 radical (unpaired) electrons. The summed E-state index contributed by atoms with van der Waals surface area (Å²) in [6.45, 7) is 0. The van der Waals surface area contributed by atoms with Gasteiger partial charge in [0, 0.05) is 12.0 Å². The van der Waals surface area contributed by atoms with Crippen molar-refractivity contribution in [2.75, 3.05) is 0 Å². The van der Waals surface area contributed by atoms with Crippen molar-refractivity contribution >= 4 is 5.78 Å². The third-order valence-electron chi connectivity index (χ3n) is 2.92. The monoisotopic (exact) mass is 188 g/mol. The molecule has 1 aliphatic carbocycles. The largest absolute Gasteiger partial charge is 0.294 e. The van der Waals surface area contributed by atoms with Crippen LogP contribution in [0.3, 0.4) is 0 Å². The van der Waals surface area contributed by atoms with E-state index in [9.17, 15) is 4.79 Å². The van der Waals surface area contributed by atoms with Crippen LogP contribution < -0.4 is 0 Å². The van der Waals surface area contributed by atoms with Gasteiger partial charge < -0.3 is 0 Å². The van der Waals surface area contributed by atoms with E-state index in [1.54, 1.807) is 0 Å². The fraction of sp³-hybridized carbons (Fsp3) is 0.462. The van der Waals surface area contributed by atoms with Gasteiger partial charge in [0.15, 0.2) is 5.78 Å². The molecule has 1 aliphatic rings. The lowest BCUT2D eigenvalue weighted by molar-refractivity contribution is 0.0979. The Bertz CT molecular complexity index is 328. The van der Waals surface area contributed by atoms with E-state index < -0.39 is 0 Å². The normalized spacial score (nSPS) is 17.9. The van der Waals surface area contributed by atoms with Crippen molar-refractivity contribution in [1.29, 1.82) is 0 Å². The molecule has 2 rings (SSSR count). The van der Waals surface area contributed by atoms with Crippen molar-refractivity contribution in [2.24, 2.45) is 0 Å². The molecule has 0 saturated carbocycles. The van der Waals surface area contributed by atoms with Crippen molar-refractivity contribution in [2.45, 2.75) is 38.5 Å². The van der Waals surface area contributed by atoms with Crippen molar-refractivity contribution < 1.29 is 4.79 Å². The summed E-state index contributed by atoms with van der Waals surface area (Å²) < 4.78 is 0. The number of hydrogen-bond acceptors (Lipinski definition) is 1. The van der Waals surface area contributed by atoms with E-state index in [1.807, 2.05) is 18.2 Å². The van der Waals surface area contributed by atoms with E-state index in [-0.39, 0.29) is 0 Å². The minimum absolute atomic E-state index is 0.336. The molecule has 0 N–H and O–H groups in total. The molecule has 0 amide bonds. The summed E-state index contributed by atoms with van der Waals surface area (Å²) in [4.78, 5) is 11.8. The molecular formula is C13H16O. The second kappa shape index (κ2) is 4.41. The van der Waals surface area contributed by atoms with Crippen LogP contribution in [0, 0.1) is 0 Å². The fourth-order valence-electron chi connectivity index (χ4n) is 2.10. The third kappa shape index (κ3) is 2.03. The minimum Gasteiger partial charge on any atom is -0.294 e. The number of carbonyl (C=O) groups excluding carboxylic acids is 1. The molecule has 1 aromatic rings. The molecule has 0 bridgehead atoms. The highest BCUT2D eigenvalue weighted by Crippen LogP contribution is 2.19. The van der Waals surface area contributed by atoms with Crippen molar-refractivity contribution in [3.8, 4) is 0 Å². The molecule has 0 aliphatic heterocycles. The maximum absolute atomic E-state index is 11.8. The Morgan fingerprint density at radius 3 is 2.43 bits per heavy atom. The number of Topliss-reactive ketones (excluding diaryl/α,β-unsaturated/α-hetero) is 1. The first-order valence-electron chi connectivity index (χ1n) is 5.49. The van der Waals surface area contributed by atoms with Gasteiger partial charge in [-0.25, -0.2) is 0 Å². The highest BCUT2D eigenvalue weighted by Gasteiger charge is 2.11. The second-order valence-electron chi connectivity index (χ2n) is 3.99. The lowest BCUT2D eigenvalue weighted by atomic mass is 9.99. The van der Waals surface area contributed by atoms with E-state index in [2.05, 4.69) is 6.07 Å². The Kier molecular flexibility index (Phi) is 2.97. The van der Waals surface area contributed by atoms with Crippen LogP contribution in [0.4, 0.5) is 0 Å². The molecule has 0 heterocycles. The highest BCUT2D eigenvalue weighted by molar-refractivity contribution is 5.97. The fourth-order valence-corrected chi connectivity index (χ4v) is 2.10. The summed E-state index contributed by atoms with van der Waals surface area (Å²) in [5.74, 6) is 0.336. The standard InChI is InChI=1S/C13H16O/c14-13-10-4-2-1-3-7-11-8-5-6-9-12(11)13/h5-6,8-9H,1-4,7,10H2. The molecule has 1 aromatic carbocycles. The Labute approximate surface area is 85.1 Å². The molecule has 74 valence electrons. The first-order chi connectivity index (χ1) is 6.88. The zero-order valence-electron chi connectivity index (χ0n) is 8.46. The summed E-state index contributed by atoms with van der Waals surface area (Å²) in [6.07, 6.45) is 6.57. The van der Waals surface area contributed by atoms with Crippen LogP contribution in [0.5, 0.6) is 0 Å². The Morgan fingerprint density at radius 1 is 0.857 bits per heavy atom. The first kappa shape index (κ1) is 9.45. The summed E-state index contributed by atoms with van der Waals surface area (Å²) in [7, 11) is 0. The quantitative estimate of drug-likeness (QED) is 0.610. The Hall–Kier alpha value is -1.11. The van der Waals surface area contributed by atoms with Gasteiger partial charge in [-0.1, -0.05) is 37.1 Å². The second-order valence-corrected chi connectivity index (χ2v) is 3.99. The van der Waals surface area contributed by atoms with E-state index in [1.165, 1.54) is 24.8 Å². The first-order valence-corrected chi connectivity index (χ1v) is 5.49. The van der Waals surface area contributed by atoms with Crippen LogP contribution >= 0.6 is 0 Å². The van der Waals surface area contributed by atoms with Crippen LogP contribution in [0.1, 0.15) is 48.0 Å². The van der Waals surface area contributed by atoms with Gasteiger partial charge >= 0.3 is 0 Å². The van der Waals surface area contributed by atoms with Gasteiger partial charge in [0.1, 0.15) is 0 Å². The summed E-state index contributed by atoms with van der Waals surface area (Å²) >= 11 is 0. The van der Waals surface area contributed by atoms with Gasteiger partial charge in [-0.15, -0.1) is 0 Å². The van der Waals surface area contributed by atoms with Gasteiger partial charge in [-0.05, 0) is 24.8 Å². The zero-order chi connectivity index (χ0) is 9.80. The number of fused-ring (bicyclic) bond motifs is 1. The minimum atomic E-state index is 0.336. The highest BCUT2D eigenvalue weighted by atomic mass is 16.1. The molecule has 0 spiro atoms. The van der Waals surface area contributed by atoms with E-state index in [0.29, 0.717) is 5.78 Å². The van der Waals surface area contributed by atoms with Crippen LogP contribution in [0.15, 0.2) is 24.3 Å². The molecule has 0 saturated heterocycles. The summed E-state index contributed by atoms with van der Waals surface area (Å²) in [6, 6.07) is 8.07. The smallest absolute Gasteiger partial charge is 0.163 e. The number of ketones is 1. The lowest BCUT2D eigenvalue weighted by Crippen LogP contribution is -2.02.